The van der Waals surface area contributed by atoms with E-state index in [1.54, 1.807) is 0 Å². The fourth-order valence-corrected chi connectivity index (χ4v) is 2.97. The van der Waals surface area contributed by atoms with E-state index in [-0.39, 0.29) is 17.4 Å². The Morgan fingerprint density at radius 1 is 1.37 bits per heavy atom. The fraction of sp³-hybridized carbons (Fsp3) is 0.588. The minimum Gasteiger partial charge on any atom is -0.349 e. The van der Waals surface area contributed by atoms with Crippen molar-refractivity contribution in [3.8, 4) is 0 Å². The van der Waals surface area contributed by atoms with Crippen molar-refractivity contribution in [2.24, 2.45) is 0 Å². The maximum Gasteiger partial charge on any atom is 0.220 e. The van der Waals surface area contributed by atoms with Crippen LogP contribution in [0.25, 0.3) is 0 Å². The van der Waals surface area contributed by atoms with Crippen LogP contribution in [0, 0.1) is 0 Å². The van der Waals surface area contributed by atoms with Crippen LogP contribution in [-0.4, -0.2) is 5.91 Å². The fourth-order valence-electron chi connectivity index (χ4n) is 2.97. The van der Waals surface area contributed by atoms with Gasteiger partial charge in [-0.2, -0.15) is 0 Å². The van der Waals surface area contributed by atoms with Gasteiger partial charge in [-0.3, -0.25) is 4.79 Å². The molecule has 2 nitrogen and oxygen atoms in total. The van der Waals surface area contributed by atoms with Gasteiger partial charge in [-0.15, -0.1) is 0 Å². The third kappa shape index (κ3) is 3.17. The smallest absolute Gasteiger partial charge is 0.220 e. The number of benzene rings is 1. The van der Waals surface area contributed by atoms with Gasteiger partial charge in [0.05, 0.1) is 6.04 Å². The summed E-state index contributed by atoms with van der Waals surface area (Å²) in [5.74, 6) is 0.196. The maximum atomic E-state index is 11.9. The number of fused-ring (bicyclic) bond motifs is 1. The molecule has 2 heteroatoms. The lowest BCUT2D eigenvalue weighted by Crippen LogP contribution is -2.35. The lowest BCUT2D eigenvalue weighted by molar-refractivity contribution is -0.122. The average Bonchev–Trinajstić information content (AvgIpc) is 2.40. The molecular weight excluding hydrogens is 234 g/mol. The average molecular weight is 259 g/mol. The summed E-state index contributed by atoms with van der Waals surface area (Å²) in [7, 11) is 0. The SMILES string of the molecule is CCCCC(=O)NC1CCC(C)(C)c2ccccc21. The molecule has 1 aromatic rings. The van der Waals surface area contributed by atoms with E-state index in [1.807, 2.05) is 0 Å². The van der Waals surface area contributed by atoms with Crippen molar-refractivity contribution >= 4 is 5.91 Å². The molecule has 0 saturated heterocycles. The van der Waals surface area contributed by atoms with Crippen molar-refractivity contribution in [3.63, 3.8) is 0 Å². The predicted octanol–water partition coefficient (Wildman–Crippen LogP) is 4.11. The van der Waals surface area contributed by atoms with Crippen LogP contribution in [0.3, 0.4) is 0 Å². The monoisotopic (exact) mass is 259 g/mol. The summed E-state index contributed by atoms with van der Waals surface area (Å²) in [6, 6.07) is 8.75. The Balaban J connectivity index is 2.14. The van der Waals surface area contributed by atoms with E-state index in [4.69, 9.17) is 0 Å². The van der Waals surface area contributed by atoms with Crippen molar-refractivity contribution in [2.75, 3.05) is 0 Å². The standard InChI is InChI=1S/C17H25NO/c1-4-5-10-16(19)18-15-11-12-17(2,3)14-9-7-6-8-13(14)15/h6-9,15H,4-5,10-12H2,1-3H3,(H,18,19). The van der Waals surface area contributed by atoms with Gasteiger partial charge < -0.3 is 5.32 Å². The topological polar surface area (TPSA) is 29.1 Å². The van der Waals surface area contributed by atoms with Gasteiger partial charge in [0.15, 0.2) is 0 Å². The number of amides is 1. The highest BCUT2D eigenvalue weighted by Gasteiger charge is 2.32. The van der Waals surface area contributed by atoms with E-state index in [1.165, 1.54) is 11.1 Å². The third-order valence-corrected chi connectivity index (χ3v) is 4.22. The molecule has 1 amide bonds. The quantitative estimate of drug-likeness (QED) is 0.866. The van der Waals surface area contributed by atoms with E-state index in [0.29, 0.717) is 6.42 Å². The van der Waals surface area contributed by atoms with Crippen LogP contribution in [0.1, 0.15) is 70.0 Å². The Bertz CT molecular complexity index is 450. The molecule has 19 heavy (non-hydrogen) atoms. The first-order chi connectivity index (χ1) is 9.04. The summed E-state index contributed by atoms with van der Waals surface area (Å²) in [4.78, 5) is 11.9. The third-order valence-electron chi connectivity index (χ3n) is 4.22. The molecule has 2 rings (SSSR count). The second kappa shape index (κ2) is 5.77. The van der Waals surface area contributed by atoms with E-state index in [0.717, 1.165) is 25.7 Å². The summed E-state index contributed by atoms with van der Waals surface area (Å²) in [6.45, 7) is 6.70. The van der Waals surface area contributed by atoms with Crippen LogP contribution < -0.4 is 5.32 Å². The largest absolute Gasteiger partial charge is 0.349 e. The predicted molar refractivity (Wildman–Crippen MR) is 79.1 cm³/mol. The first kappa shape index (κ1) is 14.1. The van der Waals surface area contributed by atoms with Crippen molar-refractivity contribution in [1.29, 1.82) is 0 Å². The van der Waals surface area contributed by atoms with Crippen LogP contribution in [-0.2, 0) is 10.2 Å². The molecule has 1 atom stereocenters. The molecule has 0 aliphatic heterocycles. The zero-order valence-corrected chi connectivity index (χ0v) is 12.3. The molecule has 1 unspecified atom stereocenters. The van der Waals surface area contributed by atoms with E-state index in [9.17, 15) is 4.79 Å². The van der Waals surface area contributed by atoms with E-state index < -0.39 is 0 Å². The zero-order valence-electron chi connectivity index (χ0n) is 12.3. The number of carbonyl (C=O) groups is 1. The second-order valence-corrected chi connectivity index (χ2v) is 6.23. The summed E-state index contributed by atoms with van der Waals surface area (Å²) < 4.78 is 0. The second-order valence-electron chi connectivity index (χ2n) is 6.23. The number of rotatable bonds is 4. The molecule has 104 valence electrons. The number of hydrogen-bond donors (Lipinski definition) is 1. The summed E-state index contributed by atoms with van der Waals surface area (Å²) in [5, 5.41) is 3.21. The number of hydrogen-bond acceptors (Lipinski definition) is 1. The highest BCUT2D eigenvalue weighted by molar-refractivity contribution is 5.76. The van der Waals surface area contributed by atoms with E-state index in [2.05, 4.69) is 50.4 Å². The minimum atomic E-state index is 0.196. The maximum absolute atomic E-state index is 11.9. The van der Waals surface area contributed by atoms with Crippen molar-refractivity contribution in [3.05, 3.63) is 35.4 Å². The van der Waals surface area contributed by atoms with Gasteiger partial charge in [0, 0.05) is 6.42 Å². The highest BCUT2D eigenvalue weighted by atomic mass is 16.1. The molecule has 0 saturated carbocycles. The van der Waals surface area contributed by atoms with Crippen LogP contribution >= 0.6 is 0 Å². The normalized spacial score (nSPS) is 20.7. The molecule has 1 aliphatic rings. The Hall–Kier alpha value is -1.31. The molecular formula is C17H25NO. The molecule has 0 bridgehead atoms. The molecule has 1 aromatic carbocycles. The first-order valence-corrected chi connectivity index (χ1v) is 7.43. The van der Waals surface area contributed by atoms with Gasteiger partial charge in [0.25, 0.3) is 0 Å². The molecule has 0 radical (unpaired) electrons. The molecule has 1 N–H and O–H groups in total. The molecule has 0 aromatic heterocycles. The zero-order chi connectivity index (χ0) is 13.9. The molecule has 1 aliphatic carbocycles. The Morgan fingerprint density at radius 3 is 2.84 bits per heavy atom. The van der Waals surface area contributed by atoms with Crippen LogP contribution in [0.15, 0.2) is 24.3 Å². The Labute approximate surface area is 116 Å². The van der Waals surface area contributed by atoms with Gasteiger partial charge in [-0.1, -0.05) is 51.5 Å². The van der Waals surface area contributed by atoms with Gasteiger partial charge in [-0.05, 0) is 35.8 Å². The lowest BCUT2D eigenvalue weighted by atomic mass is 9.71. The lowest BCUT2D eigenvalue weighted by Gasteiger charge is -2.37. The summed E-state index contributed by atoms with van der Waals surface area (Å²) in [5.41, 5.74) is 2.92. The van der Waals surface area contributed by atoms with Gasteiger partial charge in [-0.25, -0.2) is 0 Å². The van der Waals surface area contributed by atoms with E-state index >= 15 is 0 Å². The van der Waals surface area contributed by atoms with Crippen LogP contribution in [0.4, 0.5) is 0 Å². The summed E-state index contributed by atoms with van der Waals surface area (Å²) in [6.07, 6.45) is 4.87. The molecule has 0 fully saturated rings. The highest BCUT2D eigenvalue weighted by Crippen LogP contribution is 2.41. The summed E-state index contributed by atoms with van der Waals surface area (Å²) >= 11 is 0. The number of nitrogens with one attached hydrogen (secondary N) is 1. The molecule has 0 spiro atoms. The van der Waals surface area contributed by atoms with Crippen molar-refractivity contribution in [1.82, 2.24) is 5.32 Å². The van der Waals surface area contributed by atoms with Gasteiger partial charge in [0.1, 0.15) is 0 Å². The number of unbranched alkanes of at least 4 members (excludes halogenated alkanes) is 1. The van der Waals surface area contributed by atoms with Gasteiger partial charge >= 0.3 is 0 Å². The first-order valence-electron chi connectivity index (χ1n) is 7.43. The van der Waals surface area contributed by atoms with Gasteiger partial charge in [0.2, 0.25) is 5.91 Å². The molecule has 0 heterocycles. The number of carbonyl (C=O) groups excluding carboxylic acids is 1. The minimum absolute atomic E-state index is 0.196. The van der Waals surface area contributed by atoms with Crippen molar-refractivity contribution < 1.29 is 4.79 Å². The Kier molecular flexibility index (Phi) is 4.28. The Morgan fingerprint density at radius 2 is 2.11 bits per heavy atom. The van der Waals surface area contributed by atoms with Crippen molar-refractivity contribution in [2.45, 2.75) is 64.3 Å². The van der Waals surface area contributed by atoms with Crippen LogP contribution in [0.5, 0.6) is 0 Å². The van der Waals surface area contributed by atoms with Crippen LogP contribution in [0.2, 0.25) is 0 Å².